The molecule has 0 aliphatic rings. The number of ether oxygens (including phenoxy) is 3. The molecular weight excluding hydrogens is 587 g/mol. The van der Waals surface area contributed by atoms with Gasteiger partial charge in [-0.05, 0) is 72.8 Å². The summed E-state index contributed by atoms with van der Waals surface area (Å²) in [7, 11) is 0. The van der Waals surface area contributed by atoms with Gasteiger partial charge < -0.3 is 29.5 Å². The van der Waals surface area contributed by atoms with Crippen molar-refractivity contribution >= 4 is 0 Å². The molecule has 0 heterocycles. The molecule has 0 N–H and O–H groups in total. The molecule has 0 fully saturated rings. The second-order valence-electron chi connectivity index (χ2n) is 8.66. The van der Waals surface area contributed by atoms with E-state index in [0.29, 0.717) is 17.2 Å². The number of para-hydroxylation sites is 3. The summed E-state index contributed by atoms with van der Waals surface area (Å²) >= 11 is 0. The molecule has 0 aliphatic carbocycles. The molecule has 0 saturated heterocycles. The largest absolute Gasteiger partial charge is 3.00 e. The van der Waals surface area contributed by atoms with Crippen LogP contribution in [0.15, 0.2) is 164 Å². The summed E-state index contributed by atoms with van der Waals surface area (Å²) in [6.45, 7) is 0. The molecule has 43 heavy (non-hydrogen) atoms. The van der Waals surface area contributed by atoms with Crippen LogP contribution in [0.4, 0.5) is 0 Å². The van der Waals surface area contributed by atoms with Gasteiger partial charge in [0, 0.05) is 0 Å². The number of benzene rings is 6. The van der Waals surface area contributed by atoms with E-state index in [-0.39, 0.29) is 34.0 Å². The minimum Gasteiger partial charge on any atom is -0.872 e. The van der Waals surface area contributed by atoms with Gasteiger partial charge >= 0.3 is 16.8 Å². The molecule has 0 saturated carbocycles. The quantitative estimate of drug-likeness (QED) is 0.191. The van der Waals surface area contributed by atoms with E-state index in [1.807, 2.05) is 91.0 Å². The standard InChI is InChI=1S/3C12H10O2.Co/c3*13-10-6-8-12(9-7-10)14-11-4-2-1-3-5-11;/h3*1-9,13H;/q;;;+3/p-3. The molecule has 0 amide bonds. The fourth-order valence-electron chi connectivity index (χ4n) is 3.40. The summed E-state index contributed by atoms with van der Waals surface area (Å²) in [4.78, 5) is 0. The third kappa shape index (κ3) is 11.9. The Morgan fingerprint density at radius 3 is 0.651 bits per heavy atom. The van der Waals surface area contributed by atoms with Gasteiger partial charge in [0.15, 0.2) is 0 Å². The second kappa shape index (κ2) is 17.4. The van der Waals surface area contributed by atoms with Crippen molar-refractivity contribution in [3.8, 4) is 51.7 Å². The van der Waals surface area contributed by atoms with Crippen molar-refractivity contribution in [2.24, 2.45) is 0 Å². The summed E-state index contributed by atoms with van der Waals surface area (Å²) in [5.41, 5.74) is 0. The van der Waals surface area contributed by atoms with Crippen LogP contribution >= 0.6 is 0 Å². The van der Waals surface area contributed by atoms with Crippen LogP contribution in [0.1, 0.15) is 0 Å². The fraction of sp³-hybridized carbons (Fsp3) is 0. The Hall–Kier alpha value is -5.37. The SMILES string of the molecule is [Co+3].[O-]c1ccc(Oc2ccccc2)cc1.[O-]c1ccc(Oc2ccccc2)cc1.[O-]c1ccc(Oc2ccccc2)cc1. The second-order valence-corrected chi connectivity index (χ2v) is 8.66. The first-order valence-electron chi connectivity index (χ1n) is 13.0. The van der Waals surface area contributed by atoms with Gasteiger partial charge in [0.1, 0.15) is 34.5 Å². The first-order valence-corrected chi connectivity index (χ1v) is 13.0. The summed E-state index contributed by atoms with van der Waals surface area (Å²) in [5, 5.41) is 32.5. The van der Waals surface area contributed by atoms with Crippen LogP contribution in [-0.2, 0) is 16.8 Å². The third-order valence-corrected chi connectivity index (χ3v) is 5.41. The molecular formula is C36H27CoO6. The van der Waals surface area contributed by atoms with Crippen molar-refractivity contribution in [1.82, 2.24) is 0 Å². The zero-order valence-corrected chi connectivity index (χ0v) is 23.9. The minimum atomic E-state index is -0.00888. The van der Waals surface area contributed by atoms with Crippen LogP contribution in [-0.4, -0.2) is 0 Å². The molecule has 6 rings (SSSR count). The molecule has 0 aromatic heterocycles. The van der Waals surface area contributed by atoms with Crippen LogP contribution in [0.5, 0.6) is 51.7 Å². The van der Waals surface area contributed by atoms with E-state index in [9.17, 15) is 15.3 Å². The Balaban J connectivity index is 0.000000175. The predicted octanol–water partition coefficient (Wildman–Crippen LogP) is 7.66. The van der Waals surface area contributed by atoms with Crippen molar-refractivity contribution in [3.05, 3.63) is 164 Å². The van der Waals surface area contributed by atoms with E-state index in [4.69, 9.17) is 14.2 Å². The van der Waals surface area contributed by atoms with Crippen LogP contribution in [0, 0.1) is 0 Å². The van der Waals surface area contributed by atoms with E-state index in [2.05, 4.69) is 0 Å². The number of rotatable bonds is 6. The Morgan fingerprint density at radius 1 is 0.256 bits per heavy atom. The fourth-order valence-corrected chi connectivity index (χ4v) is 3.40. The van der Waals surface area contributed by atoms with Crippen LogP contribution in [0.25, 0.3) is 0 Å². The predicted molar refractivity (Wildman–Crippen MR) is 157 cm³/mol. The van der Waals surface area contributed by atoms with Crippen LogP contribution in [0.3, 0.4) is 0 Å². The maximum Gasteiger partial charge on any atom is 3.00 e. The average Bonchev–Trinajstić information content (AvgIpc) is 3.03. The van der Waals surface area contributed by atoms with E-state index in [1.165, 1.54) is 36.4 Å². The van der Waals surface area contributed by atoms with Gasteiger partial charge in [0.2, 0.25) is 0 Å². The van der Waals surface area contributed by atoms with Gasteiger partial charge in [-0.15, -0.1) is 17.2 Å². The summed E-state index contributed by atoms with van der Waals surface area (Å²) in [6.07, 6.45) is 0. The maximum absolute atomic E-state index is 10.8. The summed E-state index contributed by atoms with van der Waals surface area (Å²) in [5.74, 6) is 4.31. The Morgan fingerprint density at radius 2 is 0.442 bits per heavy atom. The van der Waals surface area contributed by atoms with Crippen molar-refractivity contribution in [1.29, 1.82) is 0 Å². The van der Waals surface area contributed by atoms with Gasteiger partial charge in [-0.2, -0.15) is 0 Å². The molecule has 7 heteroatoms. The molecule has 0 atom stereocenters. The molecule has 216 valence electrons. The van der Waals surface area contributed by atoms with Gasteiger partial charge in [-0.3, -0.25) is 0 Å². The molecule has 6 aromatic carbocycles. The molecule has 0 bridgehead atoms. The maximum atomic E-state index is 10.8. The first kappa shape index (κ1) is 32.1. The molecule has 6 nitrogen and oxygen atoms in total. The Labute approximate surface area is 261 Å². The minimum absolute atomic E-state index is 0. The van der Waals surface area contributed by atoms with Crippen molar-refractivity contribution < 1.29 is 46.3 Å². The van der Waals surface area contributed by atoms with Crippen molar-refractivity contribution in [2.75, 3.05) is 0 Å². The Bertz CT molecular complexity index is 1380. The van der Waals surface area contributed by atoms with E-state index >= 15 is 0 Å². The zero-order chi connectivity index (χ0) is 29.4. The van der Waals surface area contributed by atoms with Crippen molar-refractivity contribution in [3.63, 3.8) is 0 Å². The molecule has 0 radical (unpaired) electrons. The topological polar surface area (TPSA) is 96.9 Å². The smallest absolute Gasteiger partial charge is 0.872 e. The van der Waals surface area contributed by atoms with E-state index in [0.717, 1.165) is 17.2 Å². The zero-order valence-electron chi connectivity index (χ0n) is 22.9. The van der Waals surface area contributed by atoms with E-state index < -0.39 is 0 Å². The first-order chi connectivity index (χ1) is 20.5. The molecule has 0 spiro atoms. The van der Waals surface area contributed by atoms with E-state index in [1.54, 1.807) is 36.4 Å². The van der Waals surface area contributed by atoms with Gasteiger partial charge in [-0.1, -0.05) is 91.0 Å². The number of hydrogen-bond acceptors (Lipinski definition) is 6. The molecule has 0 unspecified atom stereocenters. The molecule has 0 aliphatic heterocycles. The number of hydrogen-bond donors (Lipinski definition) is 0. The summed E-state index contributed by atoms with van der Waals surface area (Å²) < 4.78 is 16.5. The summed E-state index contributed by atoms with van der Waals surface area (Å²) in [6, 6.07) is 47.2. The van der Waals surface area contributed by atoms with Crippen molar-refractivity contribution in [2.45, 2.75) is 0 Å². The monoisotopic (exact) mass is 614 g/mol. The third-order valence-electron chi connectivity index (χ3n) is 5.41. The normalized spacial score (nSPS) is 9.49. The average molecular weight is 615 g/mol. The Kier molecular flexibility index (Phi) is 13.0. The molecule has 6 aromatic rings. The van der Waals surface area contributed by atoms with Gasteiger partial charge in [0.05, 0.1) is 0 Å². The van der Waals surface area contributed by atoms with Crippen LogP contribution < -0.4 is 29.5 Å². The van der Waals surface area contributed by atoms with Gasteiger partial charge in [0.25, 0.3) is 0 Å². The van der Waals surface area contributed by atoms with Crippen LogP contribution in [0.2, 0.25) is 0 Å². The van der Waals surface area contributed by atoms with Gasteiger partial charge in [-0.25, -0.2) is 0 Å².